The van der Waals surface area contributed by atoms with Gasteiger partial charge in [0.25, 0.3) is 0 Å². The molecule has 4 nitrogen and oxygen atoms in total. The van der Waals surface area contributed by atoms with E-state index < -0.39 is 7.92 Å². The van der Waals surface area contributed by atoms with Crippen LogP contribution in [0.2, 0.25) is 0 Å². The zero-order valence-corrected chi connectivity index (χ0v) is 17.6. The van der Waals surface area contributed by atoms with E-state index in [2.05, 4.69) is 34.1 Å². The summed E-state index contributed by atoms with van der Waals surface area (Å²) >= 11 is 0. The molecule has 0 saturated carbocycles. The highest BCUT2D eigenvalue weighted by atomic mass is 31.1. The van der Waals surface area contributed by atoms with Gasteiger partial charge in [0, 0.05) is 12.6 Å². The van der Waals surface area contributed by atoms with E-state index in [1.165, 1.54) is 5.30 Å². The van der Waals surface area contributed by atoms with Gasteiger partial charge in [0.15, 0.2) is 0 Å². The lowest BCUT2D eigenvalue weighted by Gasteiger charge is -2.44. The zero-order valence-electron chi connectivity index (χ0n) is 16.7. The minimum absolute atomic E-state index is 0.328. The molecular formula is C25H25N2O2P. The number of benzene rings is 3. The Morgan fingerprint density at radius 3 is 1.43 bits per heavy atom. The molecule has 0 aromatic heterocycles. The van der Waals surface area contributed by atoms with Gasteiger partial charge in [-0.3, -0.25) is 9.80 Å². The Morgan fingerprint density at radius 2 is 1.03 bits per heavy atom. The molecular weight excluding hydrogens is 391 g/mol. The molecule has 2 atom stereocenters. The van der Waals surface area contributed by atoms with Crippen LogP contribution in [-0.2, 0) is 9.59 Å². The smallest absolute Gasteiger partial charge is 0.141 e. The van der Waals surface area contributed by atoms with Crippen molar-refractivity contribution in [1.29, 1.82) is 0 Å². The van der Waals surface area contributed by atoms with Crippen molar-refractivity contribution in [2.24, 2.45) is 0 Å². The van der Waals surface area contributed by atoms with Gasteiger partial charge < -0.3 is 9.59 Å². The number of carbonyl (C=O) groups is 2. The van der Waals surface area contributed by atoms with Crippen LogP contribution in [-0.4, -0.2) is 41.6 Å². The van der Waals surface area contributed by atoms with Gasteiger partial charge >= 0.3 is 0 Å². The first kappa shape index (κ1) is 20.6. The highest BCUT2D eigenvalue weighted by Crippen LogP contribution is 2.44. The fourth-order valence-corrected chi connectivity index (χ4v) is 6.43. The first-order valence-electron chi connectivity index (χ1n) is 10.1. The Balaban J connectivity index is 1.68. The number of aldehydes is 2. The molecule has 0 spiro atoms. The second-order valence-electron chi connectivity index (χ2n) is 7.46. The molecule has 152 valence electrons. The van der Waals surface area contributed by atoms with Gasteiger partial charge in [0.1, 0.15) is 12.6 Å². The molecule has 0 bridgehead atoms. The Kier molecular flexibility index (Phi) is 6.81. The van der Waals surface area contributed by atoms with Crippen LogP contribution in [0.4, 0.5) is 0 Å². The molecule has 3 aromatic rings. The first-order valence-corrected chi connectivity index (χ1v) is 11.8. The van der Waals surface area contributed by atoms with Crippen molar-refractivity contribution >= 4 is 25.8 Å². The van der Waals surface area contributed by atoms with Gasteiger partial charge in [-0.05, 0) is 24.4 Å². The number of nitrogens with zero attached hydrogens (tertiary/aromatic N) is 2. The van der Waals surface area contributed by atoms with E-state index in [-0.39, 0.29) is 12.1 Å². The Bertz CT molecular complexity index is 893. The minimum Gasteiger partial charge on any atom is -0.301 e. The van der Waals surface area contributed by atoms with E-state index in [0.717, 1.165) is 36.3 Å². The molecule has 0 N–H and O–H groups in total. The molecule has 0 amide bonds. The molecule has 5 heteroatoms. The minimum atomic E-state index is -0.568. The number of carbonyl (C=O) groups excluding carboxylic acids is 2. The van der Waals surface area contributed by atoms with Crippen LogP contribution in [0.15, 0.2) is 91.0 Å². The molecule has 30 heavy (non-hydrogen) atoms. The average Bonchev–Trinajstić information content (AvgIpc) is 2.82. The van der Waals surface area contributed by atoms with Gasteiger partial charge in [-0.15, -0.1) is 0 Å². The Morgan fingerprint density at radius 1 is 0.633 bits per heavy atom. The van der Waals surface area contributed by atoms with Crippen molar-refractivity contribution in [3.05, 3.63) is 102 Å². The SMILES string of the molecule is O=CC(c1ccccc1)N1CN(C(C=O)c2ccccc2)CP(c2ccccc2)C1. The first-order chi connectivity index (χ1) is 14.8. The van der Waals surface area contributed by atoms with Crippen LogP contribution in [0.5, 0.6) is 0 Å². The molecule has 4 rings (SSSR count). The highest BCUT2D eigenvalue weighted by Gasteiger charge is 2.34. The fraction of sp³-hybridized carbons (Fsp3) is 0.200. The van der Waals surface area contributed by atoms with Gasteiger partial charge in [0.2, 0.25) is 0 Å². The fourth-order valence-electron chi connectivity index (χ4n) is 4.01. The lowest BCUT2D eigenvalue weighted by atomic mass is 10.1. The summed E-state index contributed by atoms with van der Waals surface area (Å²) in [5.74, 6) is 0. The van der Waals surface area contributed by atoms with E-state index >= 15 is 0 Å². The summed E-state index contributed by atoms with van der Waals surface area (Å²) in [7, 11) is -0.568. The van der Waals surface area contributed by atoms with Gasteiger partial charge in [0.05, 0.1) is 18.8 Å². The second kappa shape index (κ2) is 9.90. The average molecular weight is 416 g/mol. The monoisotopic (exact) mass is 416 g/mol. The number of hydrogen-bond donors (Lipinski definition) is 0. The second-order valence-corrected chi connectivity index (χ2v) is 9.62. The van der Waals surface area contributed by atoms with E-state index in [1.54, 1.807) is 0 Å². The molecule has 1 heterocycles. The van der Waals surface area contributed by atoms with E-state index in [1.807, 2.05) is 66.7 Å². The molecule has 1 aliphatic heterocycles. The van der Waals surface area contributed by atoms with Crippen LogP contribution in [0, 0.1) is 0 Å². The van der Waals surface area contributed by atoms with Crippen molar-refractivity contribution in [3.63, 3.8) is 0 Å². The normalized spacial score (nSPS) is 19.7. The zero-order chi connectivity index (χ0) is 20.8. The maximum absolute atomic E-state index is 12.1. The van der Waals surface area contributed by atoms with Crippen molar-refractivity contribution in [2.45, 2.75) is 12.1 Å². The van der Waals surface area contributed by atoms with Crippen molar-refractivity contribution in [1.82, 2.24) is 9.80 Å². The number of rotatable bonds is 7. The summed E-state index contributed by atoms with van der Waals surface area (Å²) in [6, 6.07) is 29.6. The van der Waals surface area contributed by atoms with Gasteiger partial charge in [-0.25, -0.2) is 0 Å². The topological polar surface area (TPSA) is 40.6 Å². The predicted molar refractivity (Wildman–Crippen MR) is 122 cm³/mol. The van der Waals surface area contributed by atoms with Crippen LogP contribution >= 0.6 is 7.92 Å². The molecule has 1 fully saturated rings. The maximum Gasteiger partial charge on any atom is 0.141 e. The summed E-state index contributed by atoms with van der Waals surface area (Å²) in [6.45, 7) is 0.572. The summed E-state index contributed by atoms with van der Waals surface area (Å²) in [4.78, 5) is 28.7. The summed E-state index contributed by atoms with van der Waals surface area (Å²) < 4.78 is 0. The van der Waals surface area contributed by atoms with Gasteiger partial charge in [-0.2, -0.15) is 0 Å². The van der Waals surface area contributed by atoms with E-state index in [4.69, 9.17) is 0 Å². The third-order valence-corrected chi connectivity index (χ3v) is 7.95. The molecule has 0 radical (unpaired) electrons. The van der Waals surface area contributed by atoms with Crippen molar-refractivity contribution in [3.8, 4) is 0 Å². The van der Waals surface area contributed by atoms with Crippen LogP contribution in [0.25, 0.3) is 0 Å². The highest BCUT2D eigenvalue weighted by molar-refractivity contribution is 7.65. The van der Waals surface area contributed by atoms with Crippen molar-refractivity contribution < 1.29 is 9.59 Å². The van der Waals surface area contributed by atoms with Gasteiger partial charge in [-0.1, -0.05) is 91.0 Å². The number of hydrogen-bond acceptors (Lipinski definition) is 4. The maximum atomic E-state index is 12.1. The lowest BCUT2D eigenvalue weighted by Crippen LogP contribution is -2.48. The predicted octanol–water partition coefficient (Wildman–Crippen LogP) is 4.16. The Labute approximate surface area is 178 Å². The molecule has 2 unspecified atom stereocenters. The summed E-state index contributed by atoms with van der Waals surface area (Å²) in [6.07, 6.45) is 3.70. The summed E-state index contributed by atoms with van der Waals surface area (Å²) in [5, 5.41) is 1.29. The largest absolute Gasteiger partial charge is 0.301 e. The van der Waals surface area contributed by atoms with Crippen LogP contribution in [0.3, 0.4) is 0 Å². The van der Waals surface area contributed by atoms with Crippen LogP contribution < -0.4 is 5.30 Å². The standard InChI is InChI=1S/C25H25N2O2P/c28-16-24(21-10-4-1-5-11-21)26-18-27(25(17-29)22-12-6-2-7-13-22)20-30(19-26)23-14-8-3-9-15-23/h1-17,24-25H,18-20H2. The van der Waals surface area contributed by atoms with E-state index in [0.29, 0.717) is 6.67 Å². The quantitative estimate of drug-likeness (QED) is 0.428. The van der Waals surface area contributed by atoms with E-state index in [9.17, 15) is 9.59 Å². The van der Waals surface area contributed by atoms with Crippen LogP contribution in [0.1, 0.15) is 23.2 Å². The van der Waals surface area contributed by atoms with Crippen molar-refractivity contribution in [2.75, 3.05) is 19.2 Å². The molecule has 3 aromatic carbocycles. The molecule has 0 aliphatic carbocycles. The molecule has 1 aliphatic rings. The third-order valence-electron chi connectivity index (χ3n) is 5.52. The molecule has 1 saturated heterocycles. The Hall–Kier alpha value is -2.65. The summed E-state index contributed by atoms with van der Waals surface area (Å²) in [5.41, 5.74) is 1.97. The third kappa shape index (κ3) is 4.57. The lowest BCUT2D eigenvalue weighted by molar-refractivity contribution is -0.115.